The number of nitrogens with two attached hydrogens (primary N) is 1. The largest absolute Gasteiger partial charge is 0.417 e. The van der Waals surface area contributed by atoms with Crippen LogP contribution in [-0.2, 0) is 4.75 Å². The van der Waals surface area contributed by atoms with Crippen molar-refractivity contribution in [2.24, 2.45) is 16.6 Å². The molecule has 30 heavy (non-hydrogen) atoms. The van der Waals surface area contributed by atoms with Crippen LogP contribution in [-0.4, -0.2) is 41.4 Å². The zero-order valence-corrected chi connectivity index (χ0v) is 16.1. The predicted octanol–water partition coefficient (Wildman–Crippen LogP) is 3.55. The molecule has 0 unspecified atom stereocenters. The van der Waals surface area contributed by atoms with Crippen LogP contribution in [0.3, 0.4) is 0 Å². The lowest BCUT2D eigenvalue weighted by molar-refractivity contribution is -0.0531. The second-order valence-electron chi connectivity index (χ2n) is 6.84. The smallest absolute Gasteiger partial charge is 0.388 e. The Bertz CT molecular complexity index is 978. The van der Waals surface area contributed by atoms with Crippen LogP contribution >= 0.6 is 11.8 Å². The molecule has 160 valence electrons. The summed E-state index contributed by atoms with van der Waals surface area (Å²) in [5, 5.41) is 0.278. The molecule has 2 N–H and O–H groups in total. The molecular formula is C18H16F5N5OS. The molecule has 4 rings (SSSR count). The number of thioether (sulfide) groups is 1. The quantitative estimate of drug-likeness (QED) is 0.710. The van der Waals surface area contributed by atoms with Crippen LogP contribution in [0.25, 0.3) is 0 Å². The molecule has 12 heteroatoms. The minimum Gasteiger partial charge on any atom is -0.417 e. The minimum atomic E-state index is -3.23. The molecule has 1 aromatic carbocycles. The van der Waals surface area contributed by atoms with Crippen molar-refractivity contribution in [2.45, 2.75) is 17.8 Å². The molecule has 0 radical (unpaired) electrons. The Balaban J connectivity index is 1.74. The van der Waals surface area contributed by atoms with E-state index in [9.17, 15) is 22.0 Å². The van der Waals surface area contributed by atoms with Gasteiger partial charge in [-0.05, 0) is 6.07 Å². The van der Waals surface area contributed by atoms with E-state index in [0.717, 1.165) is 0 Å². The number of ether oxygens (including phenoxy) is 1. The number of benzene rings is 1. The summed E-state index contributed by atoms with van der Waals surface area (Å²) >= 11 is 1.19. The number of alkyl halides is 4. The fraction of sp³-hybridized carbons (Fsp3) is 0.389. The zero-order chi connectivity index (χ0) is 21.5. The number of aromatic nitrogens is 2. The van der Waals surface area contributed by atoms with Crippen molar-refractivity contribution in [3.8, 4) is 5.88 Å². The molecule has 1 fully saturated rings. The third kappa shape index (κ3) is 3.75. The monoisotopic (exact) mass is 445 g/mol. The number of amidine groups is 1. The molecule has 2 atom stereocenters. The van der Waals surface area contributed by atoms with Gasteiger partial charge in [-0.3, -0.25) is 4.99 Å². The fourth-order valence-electron chi connectivity index (χ4n) is 3.78. The number of hydrogen-bond donors (Lipinski definition) is 1. The van der Waals surface area contributed by atoms with Gasteiger partial charge in [0, 0.05) is 37.2 Å². The average molecular weight is 445 g/mol. The summed E-state index contributed by atoms with van der Waals surface area (Å²) in [6.07, 6.45) is -3.01. The lowest BCUT2D eigenvalue weighted by atomic mass is 9.87. The van der Waals surface area contributed by atoms with Gasteiger partial charge < -0.3 is 15.4 Å². The van der Waals surface area contributed by atoms with Gasteiger partial charge in [0.2, 0.25) is 11.8 Å². The van der Waals surface area contributed by atoms with E-state index in [4.69, 9.17) is 5.73 Å². The van der Waals surface area contributed by atoms with Crippen LogP contribution in [0.2, 0.25) is 0 Å². The molecule has 6 nitrogen and oxygen atoms in total. The number of aliphatic imine (C=N–C) groups is 1. The number of rotatable bonds is 5. The lowest BCUT2D eigenvalue weighted by Gasteiger charge is -2.36. The second-order valence-corrected chi connectivity index (χ2v) is 8.19. The summed E-state index contributed by atoms with van der Waals surface area (Å²) in [5.41, 5.74) is 5.58. The number of anilines is 1. The van der Waals surface area contributed by atoms with Crippen LogP contribution in [0.15, 0.2) is 35.3 Å². The van der Waals surface area contributed by atoms with E-state index in [0.29, 0.717) is 18.2 Å². The fourth-order valence-corrected chi connectivity index (χ4v) is 5.11. The molecule has 2 aliphatic heterocycles. The summed E-state index contributed by atoms with van der Waals surface area (Å²) in [7, 11) is 0. The molecule has 0 spiro atoms. The first-order valence-electron chi connectivity index (χ1n) is 8.89. The van der Waals surface area contributed by atoms with E-state index in [2.05, 4.69) is 19.7 Å². The lowest BCUT2D eigenvalue weighted by Crippen LogP contribution is -2.40. The SMILES string of the molecule is NC1=NC[C@H]2CN(c3nc(OC(F)F)cc(C(F)F)n3)C[C@]2(c2ccccc2F)S1. The Morgan fingerprint density at radius 3 is 2.67 bits per heavy atom. The highest BCUT2D eigenvalue weighted by atomic mass is 32.2. The van der Waals surface area contributed by atoms with Gasteiger partial charge in [-0.1, -0.05) is 30.0 Å². The van der Waals surface area contributed by atoms with Gasteiger partial charge in [0.1, 0.15) is 11.5 Å². The first kappa shape index (κ1) is 20.6. The van der Waals surface area contributed by atoms with E-state index in [1.165, 1.54) is 17.8 Å². The normalized spacial score (nSPS) is 23.6. The van der Waals surface area contributed by atoms with Gasteiger partial charge in [-0.25, -0.2) is 18.2 Å². The zero-order valence-electron chi connectivity index (χ0n) is 15.3. The van der Waals surface area contributed by atoms with Gasteiger partial charge >= 0.3 is 6.61 Å². The van der Waals surface area contributed by atoms with Crippen molar-refractivity contribution >= 4 is 22.9 Å². The third-order valence-corrected chi connectivity index (χ3v) is 6.42. The molecule has 0 aliphatic carbocycles. The summed E-state index contributed by atoms with van der Waals surface area (Å²) in [5.74, 6) is -1.53. The number of hydrogen-bond acceptors (Lipinski definition) is 7. The van der Waals surface area contributed by atoms with Crippen molar-refractivity contribution in [1.29, 1.82) is 0 Å². The van der Waals surface area contributed by atoms with Crippen LogP contribution in [0.1, 0.15) is 17.7 Å². The van der Waals surface area contributed by atoms with Crippen LogP contribution in [0, 0.1) is 11.7 Å². The summed E-state index contributed by atoms with van der Waals surface area (Å²) < 4.78 is 69.8. The molecule has 2 aliphatic rings. The summed E-state index contributed by atoms with van der Waals surface area (Å²) in [6, 6.07) is 6.89. The standard InChI is InChI=1S/C18H16F5N5OS/c19-11-4-2-1-3-10(11)18-8-28(7-9(18)6-25-16(24)30-18)17-26-12(14(20)21)5-13(27-17)29-15(22)23/h1-5,9,14-15H,6-8H2,(H2,24,25)/t9-,18-/m0/s1. The van der Waals surface area contributed by atoms with Gasteiger partial charge in [0.15, 0.2) is 5.17 Å². The van der Waals surface area contributed by atoms with Crippen molar-refractivity contribution < 1.29 is 26.7 Å². The average Bonchev–Trinajstić information content (AvgIpc) is 3.07. The van der Waals surface area contributed by atoms with Crippen molar-refractivity contribution in [1.82, 2.24) is 9.97 Å². The van der Waals surface area contributed by atoms with E-state index < -0.39 is 35.2 Å². The van der Waals surface area contributed by atoms with Gasteiger partial charge in [0.25, 0.3) is 6.43 Å². The highest BCUT2D eigenvalue weighted by molar-refractivity contribution is 8.14. The summed E-state index contributed by atoms with van der Waals surface area (Å²) in [6.45, 7) is -2.56. The van der Waals surface area contributed by atoms with E-state index in [1.54, 1.807) is 23.1 Å². The van der Waals surface area contributed by atoms with Gasteiger partial charge in [-0.15, -0.1) is 0 Å². The highest BCUT2D eigenvalue weighted by Gasteiger charge is 2.52. The predicted molar refractivity (Wildman–Crippen MR) is 101 cm³/mol. The van der Waals surface area contributed by atoms with Gasteiger partial charge in [-0.2, -0.15) is 13.8 Å². The first-order chi connectivity index (χ1) is 14.3. The Labute approximate surface area is 172 Å². The highest BCUT2D eigenvalue weighted by Crippen LogP contribution is 2.51. The molecule has 1 aromatic heterocycles. The molecule has 0 amide bonds. The molecular weight excluding hydrogens is 429 g/mol. The second kappa shape index (κ2) is 7.89. The Morgan fingerprint density at radius 2 is 1.97 bits per heavy atom. The molecule has 2 aromatic rings. The number of halogens is 5. The maximum atomic E-state index is 14.7. The van der Waals surface area contributed by atoms with Crippen molar-refractivity contribution in [2.75, 3.05) is 24.5 Å². The Kier molecular flexibility index (Phi) is 5.43. The van der Waals surface area contributed by atoms with Crippen LogP contribution in [0.5, 0.6) is 5.88 Å². The number of fused-ring (bicyclic) bond motifs is 1. The van der Waals surface area contributed by atoms with E-state index >= 15 is 0 Å². The minimum absolute atomic E-state index is 0.125. The number of nitrogens with zero attached hydrogens (tertiary/aromatic N) is 4. The molecule has 3 heterocycles. The van der Waals surface area contributed by atoms with Crippen molar-refractivity contribution in [3.63, 3.8) is 0 Å². The third-order valence-electron chi connectivity index (χ3n) is 5.04. The van der Waals surface area contributed by atoms with Gasteiger partial charge in [0.05, 0.1) is 4.75 Å². The topological polar surface area (TPSA) is 76.6 Å². The Morgan fingerprint density at radius 1 is 1.20 bits per heavy atom. The van der Waals surface area contributed by atoms with E-state index in [-0.39, 0.29) is 30.1 Å². The molecule has 0 bridgehead atoms. The molecule has 0 saturated carbocycles. The van der Waals surface area contributed by atoms with E-state index in [1.807, 2.05) is 0 Å². The Hall–Kier alpha value is -2.63. The van der Waals surface area contributed by atoms with Crippen molar-refractivity contribution in [3.05, 3.63) is 47.4 Å². The summed E-state index contributed by atoms with van der Waals surface area (Å²) in [4.78, 5) is 13.5. The maximum absolute atomic E-state index is 14.7. The first-order valence-corrected chi connectivity index (χ1v) is 9.71. The van der Waals surface area contributed by atoms with Crippen LogP contribution in [0.4, 0.5) is 27.9 Å². The maximum Gasteiger partial charge on any atom is 0.388 e. The molecule has 1 saturated heterocycles. The van der Waals surface area contributed by atoms with Crippen LogP contribution < -0.4 is 15.4 Å².